The van der Waals surface area contributed by atoms with E-state index in [1.165, 1.54) is 11.0 Å². The van der Waals surface area contributed by atoms with Crippen LogP contribution in [-0.2, 0) is 9.59 Å². The van der Waals surface area contributed by atoms with Gasteiger partial charge in [0.2, 0.25) is 17.7 Å². The van der Waals surface area contributed by atoms with E-state index in [9.17, 15) is 9.59 Å². The molecule has 200 valence electrons. The molecule has 0 aliphatic carbocycles. The number of carbonyl (C=O) groups is 2. The molecule has 0 bridgehead atoms. The molecule has 10 heteroatoms. The summed E-state index contributed by atoms with van der Waals surface area (Å²) in [5.74, 6) is 1.06. The first-order chi connectivity index (χ1) is 18.7. The number of aromatic nitrogens is 2. The van der Waals surface area contributed by atoms with E-state index in [2.05, 4.69) is 15.3 Å². The molecule has 0 radical (unpaired) electrons. The van der Waals surface area contributed by atoms with Crippen molar-refractivity contribution < 1.29 is 23.5 Å². The average Bonchev–Trinajstić information content (AvgIpc) is 3.43. The summed E-state index contributed by atoms with van der Waals surface area (Å²) >= 11 is 0. The van der Waals surface area contributed by atoms with Gasteiger partial charge < -0.3 is 24.6 Å². The number of rotatable bonds is 3. The number of hydrogen-bond donors (Lipinski definition) is 1. The van der Waals surface area contributed by atoms with Crippen LogP contribution in [0.3, 0.4) is 0 Å². The number of benzene rings is 1. The summed E-state index contributed by atoms with van der Waals surface area (Å²) < 4.78 is 27.2. The average molecular weight is 530 g/mol. The molecule has 4 aliphatic heterocycles. The van der Waals surface area contributed by atoms with Crippen LogP contribution in [0.25, 0.3) is 11.1 Å². The van der Waals surface area contributed by atoms with Crippen LogP contribution in [0.1, 0.15) is 51.7 Å². The first kappa shape index (κ1) is 23.9. The van der Waals surface area contributed by atoms with E-state index in [4.69, 9.17) is 9.47 Å². The lowest BCUT2D eigenvalue weighted by atomic mass is 9.90. The van der Waals surface area contributed by atoms with Crippen molar-refractivity contribution in [2.45, 2.75) is 52.2 Å². The first-order valence-corrected chi connectivity index (χ1v) is 13.2. The summed E-state index contributed by atoms with van der Waals surface area (Å²) in [5, 5.41) is 3.29. The van der Waals surface area contributed by atoms with E-state index in [-0.39, 0.29) is 29.6 Å². The SMILES string of the molecule is CC1Oc2cc(N3CCCC3=O)c(F)cc2-c2cnc(Nc3cnc4c(c3)N3C(=O)C(C)(C)C[C@H]3CO4)cc21. The summed E-state index contributed by atoms with van der Waals surface area (Å²) in [5.41, 5.74) is 3.35. The minimum atomic E-state index is -0.462. The maximum Gasteiger partial charge on any atom is 0.238 e. The largest absolute Gasteiger partial charge is 0.485 e. The number of carbonyl (C=O) groups excluding carboxylic acids is 2. The second-order valence-electron chi connectivity index (χ2n) is 11.3. The number of anilines is 4. The van der Waals surface area contributed by atoms with Gasteiger partial charge in [0.1, 0.15) is 35.8 Å². The van der Waals surface area contributed by atoms with Crippen molar-refractivity contribution in [1.82, 2.24) is 9.97 Å². The highest BCUT2D eigenvalue weighted by atomic mass is 19.1. The van der Waals surface area contributed by atoms with Crippen LogP contribution in [0.2, 0.25) is 0 Å². The van der Waals surface area contributed by atoms with Gasteiger partial charge in [-0.05, 0) is 38.0 Å². The van der Waals surface area contributed by atoms with Crippen molar-refractivity contribution in [1.29, 1.82) is 0 Å². The molecule has 2 fully saturated rings. The molecular formula is C29H28FN5O4. The van der Waals surface area contributed by atoms with Crippen molar-refractivity contribution in [3.05, 3.63) is 48.0 Å². The highest BCUT2D eigenvalue weighted by Crippen LogP contribution is 2.47. The van der Waals surface area contributed by atoms with Crippen molar-refractivity contribution in [2.75, 3.05) is 28.3 Å². The number of fused-ring (bicyclic) bond motifs is 6. The molecule has 2 saturated heterocycles. The first-order valence-electron chi connectivity index (χ1n) is 13.2. The highest BCUT2D eigenvalue weighted by Gasteiger charge is 2.49. The molecule has 4 aliphatic rings. The summed E-state index contributed by atoms with van der Waals surface area (Å²) in [4.78, 5) is 37.6. The Balaban J connectivity index is 1.19. The molecule has 7 rings (SSSR count). The van der Waals surface area contributed by atoms with E-state index < -0.39 is 11.2 Å². The molecule has 1 N–H and O–H groups in total. The molecule has 1 aromatic carbocycles. The normalized spacial score (nSPS) is 22.5. The minimum absolute atomic E-state index is 0.0125. The lowest BCUT2D eigenvalue weighted by Gasteiger charge is -2.31. The quantitative estimate of drug-likeness (QED) is 0.502. The summed E-state index contributed by atoms with van der Waals surface area (Å²) in [6.45, 7) is 6.78. The van der Waals surface area contributed by atoms with Gasteiger partial charge in [-0.25, -0.2) is 14.4 Å². The Morgan fingerprint density at radius 2 is 1.92 bits per heavy atom. The number of amides is 2. The Morgan fingerprint density at radius 3 is 2.72 bits per heavy atom. The van der Waals surface area contributed by atoms with E-state index in [1.807, 2.05) is 37.8 Å². The molecule has 0 spiro atoms. The lowest BCUT2D eigenvalue weighted by Crippen LogP contribution is -2.41. The van der Waals surface area contributed by atoms with Gasteiger partial charge in [0.05, 0.1) is 23.6 Å². The Kier molecular flexibility index (Phi) is 5.14. The van der Waals surface area contributed by atoms with Crippen molar-refractivity contribution in [3.8, 4) is 22.8 Å². The molecule has 3 aromatic rings. The zero-order valence-corrected chi connectivity index (χ0v) is 22.0. The van der Waals surface area contributed by atoms with E-state index in [0.29, 0.717) is 54.0 Å². The number of hydrogen-bond acceptors (Lipinski definition) is 7. The molecule has 0 saturated carbocycles. The van der Waals surface area contributed by atoms with Crippen LogP contribution in [0, 0.1) is 11.2 Å². The van der Waals surface area contributed by atoms with Gasteiger partial charge in [-0.15, -0.1) is 0 Å². The zero-order chi connectivity index (χ0) is 27.1. The maximum absolute atomic E-state index is 15.1. The van der Waals surface area contributed by atoms with Crippen LogP contribution < -0.4 is 24.6 Å². The fourth-order valence-electron chi connectivity index (χ4n) is 6.13. The summed E-state index contributed by atoms with van der Waals surface area (Å²) in [6, 6.07) is 6.77. The number of nitrogens with zero attached hydrogens (tertiary/aromatic N) is 4. The van der Waals surface area contributed by atoms with Gasteiger partial charge in [0.25, 0.3) is 0 Å². The van der Waals surface area contributed by atoms with Gasteiger partial charge in [0.15, 0.2) is 0 Å². The third-order valence-electron chi connectivity index (χ3n) is 8.07. The van der Waals surface area contributed by atoms with Crippen LogP contribution in [0.15, 0.2) is 36.7 Å². The maximum atomic E-state index is 15.1. The third-order valence-corrected chi connectivity index (χ3v) is 8.07. The number of halogens is 1. The van der Waals surface area contributed by atoms with Gasteiger partial charge >= 0.3 is 0 Å². The monoisotopic (exact) mass is 529 g/mol. The molecule has 2 atom stereocenters. The molecular weight excluding hydrogens is 501 g/mol. The third kappa shape index (κ3) is 3.72. The van der Waals surface area contributed by atoms with Crippen LogP contribution >= 0.6 is 0 Å². The van der Waals surface area contributed by atoms with Crippen LogP contribution in [0.5, 0.6) is 11.6 Å². The fourth-order valence-corrected chi connectivity index (χ4v) is 6.13. The Bertz CT molecular complexity index is 1560. The molecule has 2 amide bonds. The standard InChI is InChI=1S/C29H28FN5O4/c1-15-18-9-25(33-16-7-23-27(32-12-16)38-14-17-11-29(2,3)28(37)35(17)23)31-13-20(18)19-8-21(30)22(10-24(19)39-15)34-6-4-5-26(34)36/h7-10,12-13,15,17H,4-6,11,14H2,1-3H3,(H,31,33)/t15?,17-/m0/s1. The Morgan fingerprint density at radius 1 is 1.08 bits per heavy atom. The number of nitrogens with one attached hydrogen (secondary N) is 1. The lowest BCUT2D eigenvalue weighted by molar-refractivity contribution is -0.124. The molecule has 39 heavy (non-hydrogen) atoms. The Hall–Kier alpha value is -4.21. The second kappa shape index (κ2) is 8.39. The van der Waals surface area contributed by atoms with Crippen LogP contribution in [0.4, 0.5) is 27.3 Å². The Labute approximate surface area is 224 Å². The van der Waals surface area contributed by atoms with Crippen molar-refractivity contribution >= 4 is 34.7 Å². The molecule has 1 unspecified atom stereocenters. The molecule has 2 aromatic heterocycles. The summed E-state index contributed by atoms with van der Waals surface area (Å²) in [7, 11) is 0. The smallest absolute Gasteiger partial charge is 0.238 e. The second-order valence-corrected chi connectivity index (χ2v) is 11.3. The number of ether oxygens (including phenoxy) is 2. The molecule has 9 nitrogen and oxygen atoms in total. The van der Waals surface area contributed by atoms with Gasteiger partial charge in [-0.2, -0.15) is 0 Å². The van der Waals surface area contributed by atoms with E-state index in [0.717, 1.165) is 24.0 Å². The van der Waals surface area contributed by atoms with E-state index in [1.54, 1.807) is 18.5 Å². The van der Waals surface area contributed by atoms with Gasteiger partial charge in [0, 0.05) is 47.3 Å². The van der Waals surface area contributed by atoms with Crippen LogP contribution in [-0.4, -0.2) is 41.0 Å². The topological polar surface area (TPSA) is 96.9 Å². The predicted molar refractivity (Wildman–Crippen MR) is 143 cm³/mol. The van der Waals surface area contributed by atoms with Gasteiger partial charge in [-0.1, -0.05) is 13.8 Å². The van der Waals surface area contributed by atoms with Crippen molar-refractivity contribution in [2.24, 2.45) is 5.41 Å². The van der Waals surface area contributed by atoms with E-state index >= 15 is 4.39 Å². The zero-order valence-electron chi connectivity index (χ0n) is 22.0. The molecule has 6 heterocycles. The predicted octanol–water partition coefficient (Wildman–Crippen LogP) is 5.13. The van der Waals surface area contributed by atoms with Gasteiger partial charge in [-0.3, -0.25) is 9.59 Å². The number of pyridine rings is 2. The minimum Gasteiger partial charge on any atom is -0.485 e. The summed E-state index contributed by atoms with van der Waals surface area (Å²) in [6.07, 6.45) is 4.91. The van der Waals surface area contributed by atoms with Crippen molar-refractivity contribution in [3.63, 3.8) is 0 Å². The highest BCUT2D eigenvalue weighted by molar-refractivity contribution is 6.02. The fraction of sp³-hybridized carbons (Fsp3) is 0.379.